The molecule has 146 valence electrons. The van der Waals surface area contributed by atoms with Gasteiger partial charge in [0.25, 0.3) is 0 Å². The van der Waals surface area contributed by atoms with Crippen molar-refractivity contribution in [1.82, 2.24) is 5.01 Å². The van der Waals surface area contributed by atoms with Crippen molar-refractivity contribution < 1.29 is 14.7 Å². The Bertz CT molecular complexity index is 876. The Balaban J connectivity index is 1.84. The minimum Gasteiger partial charge on any atom is -0.481 e. The number of hydrogen-bond acceptors (Lipinski definition) is 3. The highest BCUT2D eigenvalue weighted by Gasteiger charge is 2.32. The number of hydrazone groups is 1. The minimum atomic E-state index is -0.899. The van der Waals surface area contributed by atoms with Crippen LogP contribution in [-0.4, -0.2) is 27.7 Å². The monoisotopic (exact) mass is 398 g/mol. The van der Waals surface area contributed by atoms with Crippen LogP contribution in [0.15, 0.2) is 53.6 Å². The van der Waals surface area contributed by atoms with Crippen molar-refractivity contribution in [3.05, 3.63) is 70.2 Å². The highest BCUT2D eigenvalue weighted by molar-refractivity contribution is 6.30. The number of aryl methyl sites for hydroxylation is 1. The summed E-state index contributed by atoms with van der Waals surface area (Å²) in [5, 5.41) is 15.6. The fourth-order valence-corrected chi connectivity index (χ4v) is 3.42. The maximum Gasteiger partial charge on any atom is 0.303 e. The van der Waals surface area contributed by atoms with Gasteiger partial charge in [-0.3, -0.25) is 9.59 Å². The van der Waals surface area contributed by atoms with Crippen LogP contribution in [0, 0.1) is 0 Å². The van der Waals surface area contributed by atoms with Crippen molar-refractivity contribution in [1.29, 1.82) is 0 Å². The Morgan fingerprint density at radius 2 is 1.79 bits per heavy atom. The predicted molar refractivity (Wildman–Crippen MR) is 109 cm³/mol. The lowest BCUT2D eigenvalue weighted by Gasteiger charge is -2.22. The number of benzene rings is 2. The highest BCUT2D eigenvalue weighted by atomic mass is 35.5. The third-order valence-electron chi connectivity index (χ3n) is 4.90. The van der Waals surface area contributed by atoms with Crippen LogP contribution in [0.25, 0.3) is 0 Å². The third-order valence-corrected chi connectivity index (χ3v) is 5.15. The highest BCUT2D eigenvalue weighted by Crippen LogP contribution is 2.34. The Kier molecular flexibility index (Phi) is 6.47. The maximum absolute atomic E-state index is 12.8. The molecular formula is C22H23ClN2O3. The van der Waals surface area contributed by atoms with Crippen LogP contribution < -0.4 is 0 Å². The molecule has 0 spiro atoms. The lowest BCUT2D eigenvalue weighted by molar-refractivity contribution is -0.137. The summed E-state index contributed by atoms with van der Waals surface area (Å²) < 4.78 is 0. The quantitative estimate of drug-likeness (QED) is 0.725. The minimum absolute atomic E-state index is 0.0275. The van der Waals surface area contributed by atoms with E-state index in [1.54, 1.807) is 12.1 Å². The zero-order chi connectivity index (χ0) is 20.1. The maximum atomic E-state index is 12.8. The first-order chi connectivity index (χ1) is 13.5. The molecule has 2 aromatic carbocycles. The van der Waals surface area contributed by atoms with Crippen LogP contribution in [0.5, 0.6) is 0 Å². The van der Waals surface area contributed by atoms with E-state index in [4.69, 9.17) is 16.7 Å². The van der Waals surface area contributed by atoms with Gasteiger partial charge in [0, 0.05) is 24.3 Å². The fourth-order valence-electron chi connectivity index (χ4n) is 3.30. The summed E-state index contributed by atoms with van der Waals surface area (Å²) >= 11 is 6.00. The SMILES string of the molecule is CCc1ccc(C2=NN(C(=O)CCCC(=O)O)[C@@H](c3ccc(Cl)cc3)C2)cc1. The van der Waals surface area contributed by atoms with Crippen molar-refractivity contribution in [3.8, 4) is 0 Å². The molecule has 0 bridgehead atoms. The van der Waals surface area contributed by atoms with Gasteiger partial charge in [0.15, 0.2) is 0 Å². The first-order valence-electron chi connectivity index (χ1n) is 9.44. The molecule has 0 radical (unpaired) electrons. The van der Waals surface area contributed by atoms with Gasteiger partial charge in [-0.05, 0) is 41.7 Å². The van der Waals surface area contributed by atoms with Crippen LogP contribution in [0.3, 0.4) is 0 Å². The number of hydrogen-bond donors (Lipinski definition) is 1. The second kappa shape index (κ2) is 9.02. The van der Waals surface area contributed by atoms with E-state index in [1.165, 1.54) is 10.6 Å². The molecule has 1 atom stereocenters. The average Bonchev–Trinajstić information content (AvgIpc) is 3.14. The molecule has 0 unspecified atom stereocenters. The Labute approximate surface area is 169 Å². The molecule has 3 rings (SSSR count). The van der Waals surface area contributed by atoms with E-state index in [2.05, 4.69) is 24.2 Å². The van der Waals surface area contributed by atoms with E-state index >= 15 is 0 Å². The number of rotatable bonds is 7. The number of halogens is 1. The molecule has 0 fully saturated rings. The Morgan fingerprint density at radius 1 is 1.11 bits per heavy atom. The second-order valence-corrected chi connectivity index (χ2v) is 7.29. The van der Waals surface area contributed by atoms with Gasteiger partial charge in [0.2, 0.25) is 5.91 Å². The second-order valence-electron chi connectivity index (χ2n) is 6.85. The van der Waals surface area contributed by atoms with Crippen LogP contribution in [0.1, 0.15) is 55.3 Å². The number of carbonyl (C=O) groups is 2. The smallest absolute Gasteiger partial charge is 0.303 e. The summed E-state index contributed by atoms with van der Waals surface area (Å²) in [6, 6.07) is 15.4. The molecule has 2 aromatic rings. The Morgan fingerprint density at radius 3 is 2.39 bits per heavy atom. The molecule has 1 heterocycles. The summed E-state index contributed by atoms with van der Waals surface area (Å²) in [6.45, 7) is 2.11. The zero-order valence-electron chi connectivity index (χ0n) is 15.8. The molecule has 5 nitrogen and oxygen atoms in total. The van der Waals surface area contributed by atoms with Gasteiger partial charge in [-0.25, -0.2) is 5.01 Å². The van der Waals surface area contributed by atoms with Crippen molar-refractivity contribution >= 4 is 29.2 Å². The van der Waals surface area contributed by atoms with Crippen LogP contribution in [0.2, 0.25) is 5.02 Å². The fraction of sp³-hybridized carbons (Fsp3) is 0.318. The van der Waals surface area contributed by atoms with Crippen LogP contribution in [0.4, 0.5) is 0 Å². The molecule has 1 N–H and O–H groups in total. The molecule has 0 saturated heterocycles. The molecular weight excluding hydrogens is 376 g/mol. The van der Waals surface area contributed by atoms with Crippen molar-refractivity contribution in [2.24, 2.45) is 5.10 Å². The summed E-state index contributed by atoms with van der Waals surface area (Å²) in [4.78, 5) is 23.5. The van der Waals surface area contributed by atoms with Gasteiger partial charge in [0.1, 0.15) is 0 Å². The third kappa shape index (κ3) is 4.78. The van der Waals surface area contributed by atoms with Crippen molar-refractivity contribution in [3.63, 3.8) is 0 Å². The molecule has 1 aliphatic rings. The van der Waals surface area contributed by atoms with Gasteiger partial charge in [0.05, 0.1) is 11.8 Å². The molecule has 0 aromatic heterocycles. The number of carbonyl (C=O) groups excluding carboxylic acids is 1. The van der Waals surface area contributed by atoms with E-state index in [0.717, 1.165) is 23.3 Å². The van der Waals surface area contributed by atoms with Gasteiger partial charge in [-0.1, -0.05) is 54.9 Å². The zero-order valence-corrected chi connectivity index (χ0v) is 16.5. The lowest BCUT2D eigenvalue weighted by atomic mass is 9.97. The number of nitrogens with zero attached hydrogens (tertiary/aromatic N) is 2. The number of carboxylic acids is 1. The standard InChI is InChI=1S/C22H23ClN2O3/c1-2-15-6-8-16(9-7-15)19-14-20(17-10-12-18(23)13-11-17)25(24-19)21(26)4-3-5-22(27)28/h6-13,20H,2-5,14H2,1H3,(H,27,28)/t20-/m1/s1. The summed E-state index contributed by atoms with van der Waals surface area (Å²) in [5.74, 6) is -1.06. The molecule has 0 aliphatic carbocycles. The first-order valence-corrected chi connectivity index (χ1v) is 9.82. The van der Waals surface area contributed by atoms with Crippen molar-refractivity contribution in [2.75, 3.05) is 0 Å². The molecule has 28 heavy (non-hydrogen) atoms. The summed E-state index contributed by atoms with van der Waals surface area (Å²) in [6.07, 6.45) is 2.00. The van der Waals surface area contributed by atoms with Gasteiger partial charge in [-0.2, -0.15) is 5.10 Å². The molecule has 6 heteroatoms. The normalized spacial score (nSPS) is 16.1. The van der Waals surface area contributed by atoms with E-state index < -0.39 is 5.97 Å². The number of carboxylic acid groups (broad SMARTS) is 1. The van der Waals surface area contributed by atoms with E-state index in [0.29, 0.717) is 17.9 Å². The summed E-state index contributed by atoms with van der Waals surface area (Å²) in [5.41, 5.74) is 4.06. The topological polar surface area (TPSA) is 70.0 Å². The first kappa shape index (κ1) is 20.1. The van der Waals surface area contributed by atoms with E-state index in [9.17, 15) is 9.59 Å². The average molecular weight is 399 g/mol. The Hall–Kier alpha value is -2.66. The molecule has 1 aliphatic heterocycles. The number of aliphatic carboxylic acids is 1. The van der Waals surface area contributed by atoms with Gasteiger partial charge in [-0.15, -0.1) is 0 Å². The predicted octanol–water partition coefficient (Wildman–Crippen LogP) is 4.84. The van der Waals surface area contributed by atoms with Crippen LogP contribution in [-0.2, 0) is 16.0 Å². The van der Waals surface area contributed by atoms with Crippen molar-refractivity contribution in [2.45, 2.75) is 45.1 Å². The van der Waals surface area contributed by atoms with Crippen LogP contribution >= 0.6 is 11.6 Å². The summed E-state index contributed by atoms with van der Waals surface area (Å²) in [7, 11) is 0. The largest absolute Gasteiger partial charge is 0.481 e. The molecule has 0 saturated carbocycles. The number of amides is 1. The lowest BCUT2D eigenvalue weighted by Crippen LogP contribution is -2.27. The van der Waals surface area contributed by atoms with E-state index in [-0.39, 0.29) is 24.8 Å². The molecule has 1 amide bonds. The van der Waals surface area contributed by atoms with Gasteiger partial charge < -0.3 is 5.11 Å². The van der Waals surface area contributed by atoms with E-state index in [1.807, 2.05) is 24.3 Å². The van der Waals surface area contributed by atoms with Gasteiger partial charge >= 0.3 is 5.97 Å².